The normalized spacial score (nSPS) is 23.5. The molecule has 0 atom stereocenters. The summed E-state index contributed by atoms with van der Waals surface area (Å²) < 4.78 is 0. The lowest BCUT2D eigenvalue weighted by Gasteiger charge is -2.36. The van der Waals surface area contributed by atoms with Crippen molar-refractivity contribution < 1.29 is 4.79 Å². The summed E-state index contributed by atoms with van der Waals surface area (Å²) in [6.45, 7) is 11.2. The van der Waals surface area contributed by atoms with Crippen molar-refractivity contribution in [3.8, 4) is 0 Å². The van der Waals surface area contributed by atoms with Crippen molar-refractivity contribution in [2.75, 3.05) is 26.2 Å². The van der Waals surface area contributed by atoms with Crippen LogP contribution in [0.1, 0.15) is 59.3 Å². The Labute approximate surface area is 124 Å². The lowest BCUT2D eigenvalue weighted by molar-refractivity contribution is -0.134. The second kappa shape index (κ2) is 7.44. The molecule has 1 amide bonds. The van der Waals surface area contributed by atoms with Crippen molar-refractivity contribution in [2.45, 2.75) is 65.3 Å². The first-order valence-corrected chi connectivity index (χ1v) is 8.62. The quantitative estimate of drug-likeness (QED) is 0.790. The van der Waals surface area contributed by atoms with Crippen LogP contribution < -0.4 is 0 Å². The number of carbonyl (C=O) groups excluding carboxylic acids is 1. The highest BCUT2D eigenvalue weighted by Crippen LogP contribution is 2.25. The maximum absolute atomic E-state index is 12.4. The molecule has 0 saturated carbocycles. The molecule has 2 aliphatic heterocycles. The molecule has 2 fully saturated rings. The van der Waals surface area contributed by atoms with Crippen LogP contribution in [0.15, 0.2) is 0 Å². The van der Waals surface area contributed by atoms with Crippen LogP contribution in [0.25, 0.3) is 0 Å². The van der Waals surface area contributed by atoms with E-state index in [-0.39, 0.29) is 0 Å². The van der Waals surface area contributed by atoms with Gasteiger partial charge in [-0.25, -0.2) is 0 Å². The standard InChI is InChI=1S/C17H32N2O/c1-4-15-5-11-19(12-6-15)17(20)13-16-7-9-18(10-8-16)14(2)3/h14-16H,4-13H2,1-3H3. The van der Waals surface area contributed by atoms with E-state index < -0.39 is 0 Å². The monoisotopic (exact) mass is 280 g/mol. The Morgan fingerprint density at radius 1 is 1.00 bits per heavy atom. The SMILES string of the molecule is CCC1CCN(C(=O)CC2CCN(C(C)C)CC2)CC1. The molecule has 0 aromatic carbocycles. The zero-order chi connectivity index (χ0) is 14.5. The third-order valence-corrected chi connectivity index (χ3v) is 5.39. The first-order chi connectivity index (χ1) is 9.60. The van der Waals surface area contributed by atoms with Crippen LogP contribution in [0.4, 0.5) is 0 Å². The van der Waals surface area contributed by atoms with Crippen LogP contribution in [-0.4, -0.2) is 47.9 Å². The molecule has 3 nitrogen and oxygen atoms in total. The average molecular weight is 280 g/mol. The van der Waals surface area contributed by atoms with Gasteiger partial charge in [0, 0.05) is 25.6 Å². The van der Waals surface area contributed by atoms with Gasteiger partial charge in [0.2, 0.25) is 5.91 Å². The molecule has 2 heterocycles. The van der Waals surface area contributed by atoms with Crippen molar-refractivity contribution in [1.82, 2.24) is 9.80 Å². The van der Waals surface area contributed by atoms with E-state index in [0.717, 1.165) is 25.4 Å². The Morgan fingerprint density at radius 3 is 2.05 bits per heavy atom. The van der Waals surface area contributed by atoms with Crippen molar-refractivity contribution in [2.24, 2.45) is 11.8 Å². The average Bonchev–Trinajstić information content (AvgIpc) is 2.48. The molecular formula is C17H32N2O. The molecule has 0 spiro atoms. The predicted octanol–water partition coefficient (Wildman–Crippen LogP) is 3.15. The van der Waals surface area contributed by atoms with Gasteiger partial charge in [0.1, 0.15) is 0 Å². The van der Waals surface area contributed by atoms with E-state index in [2.05, 4.69) is 30.6 Å². The van der Waals surface area contributed by atoms with Crippen molar-refractivity contribution in [1.29, 1.82) is 0 Å². The van der Waals surface area contributed by atoms with Gasteiger partial charge >= 0.3 is 0 Å². The fourth-order valence-electron chi connectivity index (χ4n) is 3.64. The van der Waals surface area contributed by atoms with E-state index in [0.29, 0.717) is 17.9 Å². The van der Waals surface area contributed by atoms with Crippen molar-refractivity contribution in [3.63, 3.8) is 0 Å². The van der Waals surface area contributed by atoms with Gasteiger partial charge in [-0.2, -0.15) is 0 Å². The zero-order valence-corrected chi connectivity index (χ0v) is 13.6. The lowest BCUT2D eigenvalue weighted by atomic mass is 9.90. The zero-order valence-electron chi connectivity index (χ0n) is 13.6. The molecule has 0 aromatic heterocycles. The maximum atomic E-state index is 12.4. The lowest BCUT2D eigenvalue weighted by Crippen LogP contribution is -2.42. The van der Waals surface area contributed by atoms with Crippen LogP contribution in [0.2, 0.25) is 0 Å². The number of amides is 1. The molecule has 20 heavy (non-hydrogen) atoms. The molecule has 3 heteroatoms. The Bertz CT molecular complexity index is 300. The fraction of sp³-hybridized carbons (Fsp3) is 0.941. The minimum absolute atomic E-state index is 0.419. The molecule has 0 unspecified atom stereocenters. The van der Waals surface area contributed by atoms with Gasteiger partial charge in [0.15, 0.2) is 0 Å². The molecule has 0 aliphatic carbocycles. The number of likely N-dealkylation sites (tertiary alicyclic amines) is 2. The van der Waals surface area contributed by atoms with Crippen LogP contribution in [0.5, 0.6) is 0 Å². The van der Waals surface area contributed by atoms with Crippen molar-refractivity contribution in [3.05, 3.63) is 0 Å². The highest BCUT2D eigenvalue weighted by atomic mass is 16.2. The molecule has 0 radical (unpaired) electrons. The van der Waals surface area contributed by atoms with Gasteiger partial charge in [-0.15, -0.1) is 0 Å². The van der Waals surface area contributed by atoms with E-state index >= 15 is 0 Å². The maximum Gasteiger partial charge on any atom is 0.222 e. The number of hydrogen-bond donors (Lipinski definition) is 0. The van der Waals surface area contributed by atoms with E-state index in [9.17, 15) is 4.79 Å². The van der Waals surface area contributed by atoms with Gasteiger partial charge in [-0.3, -0.25) is 4.79 Å². The van der Waals surface area contributed by atoms with Crippen molar-refractivity contribution >= 4 is 5.91 Å². The smallest absolute Gasteiger partial charge is 0.222 e. The molecule has 0 aromatic rings. The van der Waals surface area contributed by atoms with Gasteiger partial charge < -0.3 is 9.80 Å². The molecular weight excluding hydrogens is 248 g/mol. The Kier molecular flexibility index (Phi) is 5.88. The third kappa shape index (κ3) is 4.21. The topological polar surface area (TPSA) is 23.6 Å². The molecule has 2 rings (SSSR count). The number of piperidine rings is 2. The van der Waals surface area contributed by atoms with Crippen LogP contribution in [0, 0.1) is 11.8 Å². The summed E-state index contributed by atoms with van der Waals surface area (Å²) in [6.07, 6.45) is 6.91. The number of carbonyl (C=O) groups is 1. The van der Waals surface area contributed by atoms with E-state index in [1.165, 1.54) is 45.2 Å². The van der Waals surface area contributed by atoms with Gasteiger partial charge in [0.05, 0.1) is 0 Å². The summed E-state index contributed by atoms with van der Waals surface area (Å²) in [5.74, 6) is 1.90. The van der Waals surface area contributed by atoms with Crippen LogP contribution in [-0.2, 0) is 4.79 Å². The summed E-state index contributed by atoms with van der Waals surface area (Å²) in [5.41, 5.74) is 0. The first-order valence-electron chi connectivity index (χ1n) is 8.62. The van der Waals surface area contributed by atoms with Gasteiger partial charge in [-0.1, -0.05) is 13.3 Å². The summed E-state index contributed by atoms with van der Waals surface area (Å²) in [7, 11) is 0. The van der Waals surface area contributed by atoms with E-state index in [1.54, 1.807) is 0 Å². The minimum atomic E-state index is 0.419. The van der Waals surface area contributed by atoms with Crippen LogP contribution >= 0.6 is 0 Å². The highest BCUT2D eigenvalue weighted by molar-refractivity contribution is 5.76. The number of rotatable bonds is 4. The van der Waals surface area contributed by atoms with E-state index in [4.69, 9.17) is 0 Å². The number of nitrogens with zero attached hydrogens (tertiary/aromatic N) is 2. The van der Waals surface area contributed by atoms with E-state index in [1.807, 2.05) is 0 Å². The Morgan fingerprint density at radius 2 is 1.55 bits per heavy atom. The summed E-state index contributed by atoms with van der Waals surface area (Å²) in [4.78, 5) is 17.1. The van der Waals surface area contributed by atoms with Crippen LogP contribution in [0.3, 0.4) is 0 Å². The molecule has 0 N–H and O–H groups in total. The Balaban J connectivity index is 1.70. The molecule has 116 valence electrons. The van der Waals surface area contributed by atoms with Gasteiger partial charge in [-0.05, 0) is 64.5 Å². The summed E-state index contributed by atoms with van der Waals surface area (Å²) in [6, 6.07) is 0.653. The molecule has 2 saturated heterocycles. The third-order valence-electron chi connectivity index (χ3n) is 5.39. The summed E-state index contributed by atoms with van der Waals surface area (Å²) in [5, 5.41) is 0. The fourth-order valence-corrected chi connectivity index (χ4v) is 3.64. The largest absolute Gasteiger partial charge is 0.343 e. The second-order valence-electron chi connectivity index (χ2n) is 7.01. The minimum Gasteiger partial charge on any atom is -0.343 e. The number of hydrogen-bond acceptors (Lipinski definition) is 2. The highest BCUT2D eigenvalue weighted by Gasteiger charge is 2.26. The first kappa shape index (κ1) is 15.8. The second-order valence-corrected chi connectivity index (χ2v) is 7.01. The summed E-state index contributed by atoms with van der Waals surface area (Å²) >= 11 is 0. The Hall–Kier alpha value is -0.570. The van der Waals surface area contributed by atoms with Gasteiger partial charge in [0.25, 0.3) is 0 Å². The molecule has 0 bridgehead atoms. The predicted molar refractivity (Wildman–Crippen MR) is 83.6 cm³/mol. The molecule has 2 aliphatic rings.